The molecule has 1 heterocycles. The minimum Gasteiger partial charge on any atom is -0.497 e. The first-order chi connectivity index (χ1) is 12.0. The fraction of sp³-hybridized carbons (Fsp3) is 0.300. The van der Waals surface area contributed by atoms with Gasteiger partial charge in [0.1, 0.15) is 11.5 Å². The van der Waals surface area contributed by atoms with Gasteiger partial charge in [-0.25, -0.2) is 0 Å². The Hall–Kier alpha value is -2.82. The van der Waals surface area contributed by atoms with Gasteiger partial charge in [0.15, 0.2) is 6.61 Å². The van der Waals surface area contributed by atoms with Gasteiger partial charge in [-0.15, -0.1) is 10.2 Å². The largest absolute Gasteiger partial charge is 0.497 e. The molecule has 0 bridgehead atoms. The Labute approximate surface area is 147 Å². The first-order valence-corrected chi connectivity index (χ1v) is 8.16. The van der Waals surface area contributed by atoms with Crippen LogP contribution in [0.3, 0.4) is 0 Å². The van der Waals surface area contributed by atoms with Gasteiger partial charge in [0.2, 0.25) is 5.89 Å². The molecule has 0 aliphatic rings. The number of benzene rings is 2. The van der Waals surface area contributed by atoms with E-state index in [4.69, 9.17) is 13.9 Å². The smallest absolute Gasteiger partial charge is 0.254 e. The van der Waals surface area contributed by atoms with Gasteiger partial charge in [0.05, 0.1) is 7.11 Å². The molecule has 25 heavy (non-hydrogen) atoms. The van der Waals surface area contributed by atoms with Crippen molar-refractivity contribution < 1.29 is 13.9 Å². The zero-order chi connectivity index (χ0) is 17.9. The highest BCUT2D eigenvalue weighted by Gasteiger charge is 2.14. The van der Waals surface area contributed by atoms with Crippen LogP contribution in [0, 0.1) is 0 Å². The Bertz CT molecular complexity index is 850. The minimum absolute atomic E-state index is 0.0728. The normalized spacial score (nSPS) is 11.4. The highest BCUT2D eigenvalue weighted by molar-refractivity contribution is 5.55. The van der Waals surface area contributed by atoms with E-state index in [1.807, 2.05) is 42.5 Å². The van der Waals surface area contributed by atoms with Gasteiger partial charge in [0.25, 0.3) is 5.89 Å². The van der Waals surface area contributed by atoms with Crippen LogP contribution in [0.15, 0.2) is 52.9 Å². The third kappa shape index (κ3) is 4.18. The van der Waals surface area contributed by atoms with Crippen molar-refractivity contribution in [1.29, 1.82) is 0 Å². The second-order valence-corrected chi connectivity index (χ2v) is 6.80. The maximum atomic E-state index is 5.80. The number of aromatic nitrogens is 2. The van der Waals surface area contributed by atoms with Gasteiger partial charge < -0.3 is 13.9 Å². The number of ether oxygens (including phenoxy) is 2. The molecule has 0 spiro atoms. The van der Waals surface area contributed by atoms with Gasteiger partial charge in [-0.2, -0.15) is 0 Å². The average Bonchev–Trinajstić information content (AvgIpc) is 3.09. The molecule has 0 aliphatic heterocycles. The Kier molecular flexibility index (Phi) is 4.74. The Balaban J connectivity index is 1.70. The molecule has 0 unspecified atom stereocenters. The van der Waals surface area contributed by atoms with Crippen molar-refractivity contribution in [2.45, 2.75) is 32.8 Å². The molecule has 0 saturated heterocycles. The lowest BCUT2D eigenvalue weighted by Crippen LogP contribution is -2.11. The van der Waals surface area contributed by atoms with E-state index < -0.39 is 0 Å². The van der Waals surface area contributed by atoms with Crippen LogP contribution in [0.4, 0.5) is 0 Å². The fourth-order valence-electron chi connectivity index (χ4n) is 2.38. The minimum atomic E-state index is 0.0728. The van der Waals surface area contributed by atoms with Gasteiger partial charge >= 0.3 is 0 Å². The first-order valence-electron chi connectivity index (χ1n) is 8.16. The summed E-state index contributed by atoms with van der Waals surface area (Å²) in [7, 11) is 1.62. The molecule has 2 aromatic carbocycles. The molecule has 0 saturated carbocycles. The third-order valence-corrected chi connectivity index (χ3v) is 3.85. The summed E-state index contributed by atoms with van der Waals surface area (Å²) in [5.41, 5.74) is 2.10. The second-order valence-electron chi connectivity index (χ2n) is 6.80. The number of nitrogens with zero attached hydrogens (tertiary/aromatic N) is 2. The van der Waals surface area contributed by atoms with Gasteiger partial charge in [0, 0.05) is 5.56 Å². The standard InChI is InChI=1S/C20H22N2O3/c1-20(2,3)15-8-6-10-17(12-15)24-13-18-21-22-19(25-18)14-7-5-9-16(11-14)23-4/h5-12H,13H2,1-4H3. The second kappa shape index (κ2) is 6.97. The highest BCUT2D eigenvalue weighted by Crippen LogP contribution is 2.26. The SMILES string of the molecule is COc1cccc(-c2nnc(COc3cccc(C(C)(C)C)c3)o2)c1. The van der Waals surface area contributed by atoms with Crippen LogP contribution in [0.2, 0.25) is 0 Å². The summed E-state index contributed by atoms with van der Waals surface area (Å²) in [5.74, 6) is 2.40. The first kappa shape index (κ1) is 17.0. The lowest BCUT2D eigenvalue weighted by molar-refractivity contribution is 0.264. The summed E-state index contributed by atoms with van der Waals surface area (Å²) in [6.45, 7) is 6.74. The predicted octanol–water partition coefficient (Wildman–Crippen LogP) is 4.62. The van der Waals surface area contributed by atoms with Crippen molar-refractivity contribution in [2.24, 2.45) is 0 Å². The Morgan fingerprint density at radius 1 is 0.960 bits per heavy atom. The maximum absolute atomic E-state index is 5.80. The average molecular weight is 338 g/mol. The summed E-state index contributed by atoms with van der Waals surface area (Å²) in [4.78, 5) is 0. The topological polar surface area (TPSA) is 57.4 Å². The van der Waals surface area contributed by atoms with Crippen LogP contribution >= 0.6 is 0 Å². The molecule has 0 atom stereocenters. The van der Waals surface area contributed by atoms with Crippen LogP contribution in [0.1, 0.15) is 32.2 Å². The van der Waals surface area contributed by atoms with E-state index in [-0.39, 0.29) is 12.0 Å². The molecule has 0 amide bonds. The summed E-state index contributed by atoms with van der Waals surface area (Å²) in [5, 5.41) is 8.13. The van der Waals surface area contributed by atoms with Crippen molar-refractivity contribution >= 4 is 0 Å². The van der Waals surface area contributed by atoms with Gasteiger partial charge in [-0.1, -0.05) is 39.0 Å². The third-order valence-electron chi connectivity index (χ3n) is 3.85. The van der Waals surface area contributed by atoms with Crippen LogP contribution in [0.5, 0.6) is 11.5 Å². The number of methoxy groups -OCH3 is 1. The van der Waals surface area contributed by atoms with E-state index in [1.165, 1.54) is 5.56 Å². The molecular weight excluding hydrogens is 316 g/mol. The quantitative estimate of drug-likeness (QED) is 0.679. The maximum Gasteiger partial charge on any atom is 0.254 e. The van der Waals surface area contributed by atoms with Gasteiger partial charge in [-0.3, -0.25) is 0 Å². The lowest BCUT2D eigenvalue weighted by Gasteiger charge is -2.19. The van der Waals surface area contributed by atoms with E-state index in [2.05, 4.69) is 37.0 Å². The van der Waals surface area contributed by atoms with E-state index >= 15 is 0 Å². The van der Waals surface area contributed by atoms with Crippen LogP contribution in [-0.4, -0.2) is 17.3 Å². The van der Waals surface area contributed by atoms with Crippen molar-refractivity contribution in [3.63, 3.8) is 0 Å². The predicted molar refractivity (Wildman–Crippen MR) is 95.8 cm³/mol. The van der Waals surface area contributed by atoms with Gasteiger partial charge in [-0.05, 0) is 41.3 Å². The molecule has 0 aliphatic carbocycles. The van der Waals surface area contributed by atoms with E-state index in [9.17, 15) is 0 Å². The van der Waals surface area contributed by atoms with Crippen molar-refractivity contribution in [3.8, 4) is 23.0 Å². The van der Waals surface area contributed by atoms with Crippen molar-refractivity contribution in [1.82, 2.24) is 10.2 Å². The molecule has 0 fully saturated rings. The van der Waals surface area contributed by atoms with Crippen LogP contribution < -0.4 is 9.47 Å². The molecule has 0 N–H and O–H groups in total. The zero-order valence-corrected chi connectivity index (χ0v) is 14.9. The van der Waals surface area contributed by atoms with Crippen molar-refractivity contribution in [3.05, 3.63) is 60.0 Å². The summed E-state index contributed by atoms with van der Waals surface area (Å²) in [6.07, 6.45) is 0. The monoisotopic (exact) mass is 338 g/mol. The van der Waals surface area contributed by atoms with E-state index in [1.54, 1.807) is 7.11 Å². The number of hydrogen-bond acceptors (Lipinski definition) is 5. The summed E-state index contributed by atoms with van der Waals surface area (Å²) < 4.78 is 16.7. The molecule has 3 aromatic rings. The lowest BCUT2D eigenvalue weighted by atomic mass is 9.87. The molecule has 1 aromatic heterocycles. The van der Waals surface area contributed by atoms with E-state index in [0.29, 0.717) is 11.8 Å². The number of hydrogen-bond donors (Lipinski definition) is 0. The molecule has 0 radical (unpaired) electrons. The molecule has 130 valence electrons. The fourth-order valence-corrected chi connectivity index (χ4v) is 2.38. The summed E-state index contributed by atoms with van der Waals surface area (Å²) in [6, 6.07) is 15.6. The van der Waals surface area contributed by atoms with E-state index in [0.717, 1.165) is 17.1 Å². The van der Waals surface area contributed by atoms with Crippen molar-refractivity contribution in [2.75, 3.05) is 7.11 Å². The molecule has 5 nitrogen and oxygen atoms in total. The molecular formula is C20H22N2O3. The van der Waals surface area contributed by atoms with Crippen LogP contribution in [0.25, 0.3) is 11.5 Å². The number of rotatable bonds is 5. The highest BCUT2D eigenvalue weighted by atomic mass is 16.5. The Morgan fingerprint density at radius 2 is 1.72 bits per heavy atom. The molecule has 5 heteroatoms. The molecule has 3 rings (SSSR count). The Morgan fingerprint density at radius 3 is 2.48 bits per heavy atom. The zero-order valence-electron chi connectivity index (χ0n) is 14.9. The summed E-state index contributed by atoms with van der Waals surface area (Å²) >= 11 is 0. The van der Waals surface area contributed by atoms with Crippen LogP contribution in [-0.2, 0) is 12.0 Å².